The summed E-state index contributed by atoms with van der Waals surface area (Å²) >= 11 is 0.979. The second-order valence-electron chi connectivity index (χ2n) is 3.54. The van der Waals surface area contributed by atoms with Crippen LogP contribution in [0.1, 0.15) is 10.5 Å². The molecule has 1 N–H and O–H groups in total. The quantitative estimate of drug-likeness (QED) is 0.577. The molecule has 0 amide bonds. The van der Waals surface area contributed by atoms with Crippen LogP contribution in [-0.2, 0) is 11.8 Å². The second kappa shape index (κ2) is 5.65. The summed E-state index contributed by atoms with van der Waals surface area (Å²) in [7, 11) is 2.75. The predicted octanol–water partition coefficient (Wildman–Crippen LogP) is -0.804. The van der Waals surface area contributed by atoms with Crippen molar-refractivity contribution in [2.45, 2.75) is 10.2 Å². The molecule has 2 rings (SSSR count). The predicted molar refractivity (Wildman–Crippen MR) is 67.6 cm³/mol. The van der Waals surface area contributed by atoms with Gasteiger partial charge < -0.3 is 4.74 Å². The van der Waals surface area contributed by atoms with Crippen molar-refractivity contribution in [2.24, 2.45) is 7.05 Å². The van der Waals surface area contributed by atoms with Gasteiger partial charge in [0.05, 0.1) is 19.5 Å². The Morgan fingerprint density at radius 1 is 1.35 bits per heavy atom. The van der Waals surface area contributed by atoms with Crippen LogP contribution < -0.4 is 11.1 Å². The first-order chi connectivity index (χ1) is 9.51. The van der Waals surface area contributed by atoms with Crippen LogP contribution >= 0.6 is 11.8 Å². The van der Waals surface area contributed by atoms with Gasteiger partial charge in [-0.3, -0.25) is 24.4 Å². The fraction of sp³-hybridized carbons (Fsp3) is 0.200. The number of carbonyl (C=O) groups excluding carboxylic acids is 1. The molecule has 0 aliphatic rings. The lowest BCUT2D eigenvalue weighted by Crippen LogP contribution is -2.33. The third-order valence-electron chi connectivity index (χ3n) is 2.15. The number of carbonyl (C=O) groups is 1. The maximum absolute atomic E-state index is 11.3. The van der Waals surface area contributed by atoms with Crippen molar-refractivity contribution in [3.8, 4) is 0 Å². The van der Waals surface area contributed by atoms with Gasteiger partial charge in [0, 0.05) is 7.05 Å². The van der Waals surface area contributed by atoms with Gasteiger partial charge in [0.1, 0.15) is 5.03 Å². The summed E-state index contributed by atoms with van der Waals surface area (Å²) in [6.45, 7) is 0. The molecule has 2 heterocycles. The van der Waals surface area contributed by atoms with Gasteiger partial charge in [-0.05, 0) is 11.8 Å². The zero-order valence-corrected chi connectivity index (χ0v) is 11.3. The second-order valence-corrected chi connectivity index (χ2v) is 4.52. The molecule has 0 spiro atoms. The van der Waals surface area contributed by atoms with Gasteiger partial charge >= 0.3 is 17.1 Å². The zero-order chi connectivity index (χ0) is 14.7. The SMILES string of the molecule is COC(=O)c1cncc(Sc2nc(=O)c(=O)[nH]n2C)n1. The molecule has 0 atom stereocenters. The Morgan fingerprint density at radius 2 is 2.10 bits per heavy atom. The number of ether oxygens (including phenoxy) is 1. The molecule has 0 unspecified atom stereocenters. The summed E-state index contributed by atoms with van der Waals surface area (Å²) in [4.78, 5) is 45.1. The molecule has 0 saturated carbocycles. The van der Waals surface area contributed by atoms with E-state index in [0.29, 0.717) is 5.03 Å². The number of hydrogen-bond acceptors (Lipinski definition) is 8. The number of aryl methyl sites for hydroxylation is 1. The van der Waals surface area contributed by atoms with Crippen molar-refractivity contribution in [1.82, 2.24) is 24.7 Å². The highest BCUT2D eigenvalue weighted by Crippen LogP contribution is 2.21. The van der Waals surface area contributed by atoms with Crippen LogP contribution in [0, 0.1) is 0 Å². The van der Waals surface area contributed by atoms with Crippen LogP contribution in [0.5, 0.6) is 0 Å². The third-order valence-corrected chi connectivity index (χ3v) is 3.10. The average molecular weight is 295 g/mol. The Kier molecular flexibility index (Phi) is 3.94. The molecular formula is C10H9N5O4S. The van der Waals surface area contributed by atoms with E-state index >= 15 is 0 Å². The number of hydrogen-bond donors (Lipinski definition) is 1. The molecule has 2 aromatic heterocycles. The summed E-state index contributed by atoms with van der Waals surface area (Å²) in [5, 5.41) is 2.85. The molecule has 0 aliphatic carbocycles. The highest BCUT2D eigenvalue weighted by molar-refractivity contribution is 7.99. The molecule has 10 heteroatoms. The monoisotopic (exact) mass is 295 g/mol. The number of rotatable bonds is 3. The smallest absolute Gasteiger partial charge is 0.358 e. The first-order valence-corrected chi connectivity index (χ1v) is 6.08. The Labute approximate surface area is 116 Å². The zero-order valence-electron chi connectivity index (χ0n) is 10.5. The molecule has 0 saturated heterocycles. The summed E-state index contributed by atoms with van der Waals surface area (Å²) in [5.74, 6) is -0.622. The van der Waals surface area contributed by atoms with Gasteiger partial charge in [-0.2, -0.15) is 4.98 Å². The highest BCUT2D eigenvalue weighted by atomic mass is 32.2. The van der Waals surface area contributed by atoms with Gasteiger partial charge in [0.2, 0.25) is 0 Å². The molecule has 0 bridgehead atoms. The standard InChI is InChI=1S/C10H9N5O4S/c1-15-10(13-7(16)8(17)14-15)20-6-4-11-3-5(12-6)9(18)19-2/h3-4H,1-2H3,(H,14,17). The number of aromatic nitrogens is 5. The van der Waals surface area contributed by atoms with E-state index in [-0.39, 0.29) is 10.9 Å². The molecular weight excluding hydrogens is 286 g/mol. The normalized spacial score (nSPS) is 10.3. The molecule has 104 valence electrons. The summed E-state index contributed by atoms with van der Waals surface area (Å²) in [6, 6.07) is 0. The first-order valence-electron chi connectivity index (χ1n) is 5.27. The van der Waals surface area contributed by atoms with Crippen molar-refractivity contribution in [3.63, 3.8) is 0 Å². The van der Waals surface area contributed by atoms with E-state index in [2.05, 4.69) is 24.8 Å². The Balaban J connectivity index is 2.35. The Bertz CT molecular complexity index is 769. The van der Waals surface area contributed by atoms with Crippen molar-refractivity contribution >= 4 is 17.7 Å². The average Bonchev–Trinajstić information content (AvgIpc) is 2.44. The molecule has 0 aromatic carbocycles. The highest BCUT2D eigenvalue weighted by Gasteiger charge is 2.11. The minimum absolute atomic E-state index is 0.0342. The molecule has 2 aromatic rings. The van der Waals surface area contributed by atoms with Crippen LogP contribution in [0.3, 0.4) is 0 Å². The van der Waals surface area contributed by atoms with Gasteiger partial charge in [-0.1, -0.05) is 0 Å². The maximum atomic E-state index is 11.3. The molecule has 0 fully saturated rings. The van der Waals surface area contributed by atoms with Gasteiger partial charge in [-0.25, -0.2) is 9.78 Å². The van der Waals surface area contributed by atoms with E-state index in [1.54, 1.807) is 0 Å². The lowest BCUT2D eigenvalue weighted by Gasteiger charge is -2.05. The third kappa shape index (κ3) is 2.91. The van der Waals surface area contributed by atoms with Crippen molar-refractivity contribution in [2.75, 3.05) is 7.11 Å². The van der Waals surface area contributed by atoms with Crippen LogP contribution in [0.2, 0.25) is 0 Å². The van der Waals surface area contributed by atoms with Crippen LogP contribution in [0.25, 0.3) is 0 Å². The number of H-pyrrole nitrogens is 1. The van der Waals surface area contributed by atoms with Crippen LogP contribution in [-0.4, -0.2) is 37.8 Å². The molecule has 0 radical (unpaired) electrons. The topological polar surface area (TPSA) is 120 Å². The van der Waals surface area contributed by atoms with Gasteiger partial charge in [-0.15, -0.1) is 0 Å². The minimum atomic E-state index is -0.900. The van der Waals surface area contributed by atoms with Gasteiger partial charge in [0.25, 0.3) is 0 Å². The summed E-state index contributed by atoms with van der Waals surface area (Å²) in [5.41, 5.74) is -1.68. The largest absolute Gasteiger partial charge is 0.464 e. The van der Waals surface area contributed by atoms with E-state index in [0.717, 1.165) is 11.8 Å². The number of esters is 1. The van der Waals surface area contributed by atoms with Crippen molar-refractivity contribution in [3.05, 3.63) is 38.8 Å². The number of nitrogens with one attached hydrogen (secondary N) is 1. The lowest BCUT2D eigenvalue weighted by atomic mass is 10.5. The first kappa shape index (κ1) is 13.9. The summed E-state index contributed by atoms with van der Waals surface area (Å²) < 4.78 is 5.81. The van der Waals surface area contributed by atoms with Gasteiger partial charge in [0.15, 0.2) is 10.9 Å². The Hall–Kier alpha value is -2.49. The fourth-order valence-electron chi connectivity index (χ4n) is 1.25. The fourth-order valence-corrected chi connectivity index (χ4v) is 2.00. The van der Waals surface area contributed by atoms with Crippen molar-refractivity contribution in [1.29, 1.82) is 0 Å². The van der Waals surface area contributed by atoms with E-state index in [1.807, 2.05) is 0 Å². The summed E-state index contributed by atoms with van der Waals surface area (Å²) in [6.07, 6.45) is 2.66. The lowest BCUT2D eigenvalue weighted by molar-refractivity contribution is 0.0592. The molecule has 9 nitrogen and oxygen atoms in total. The maximum Gasteiger partial charge on any atom is 0.358 e. The Morgan fingerprint density at radius 3 is 2.80 bits per heavy atom. The minimum Gasteiger partial charge on any atom is -0.464 e. The van der Waals surface area contributed by atoms with Crippen molar-refractivity contribution < 1.29 is 9.53 Å². The number of methoxy groups -OCH3 is 1. The van der Waals surface area contributed by atoms with E-state index in [4.69, 9.17) is 0 Å². The number of nitrogens with zero attached hydrogens (tertiary/aromatic N) is 4. The molecule has 20 heavy (non-hydrogen) atoms. The molecule has 0 aliphatic heterocycles. The van der Waals surface area contributed by atoms with Crippen LogP contribution in [0.4, 0.5) is 0 Å². The van der Waals surface area contributed by atoms with E-state index in [1.165, 1.54) is 31.2 Å². The number of aromatic amines is 1. The van der Waals surface area contributed by atoms with Crippen LogP contribution in [0.15, 0.2) is 32.2 Å². The van der Waals surface area contributed by atoms with E-state index < -0.39 is 17.1 Å². The van der Waals surface area contributed by atoms with E-state index in [9.17, 15) is 14.4 Å².